The lowest BCUT2D eigenvalue weighted by Gasteiger charge is -2.22. The van der Waals surface area contributed by atoms with Crippen LogP contribution in [-0.2, 0) is 11.3 Å². The molecule has 0 aliphatic rings. The van der Waals surface area contributed by atoms with Gasteiger partial charge in [-0.3, -0.25) is 0 Å². The van der Waals surface area contributed by atoms with Gasteiger partial charge in [0.2, 0.25) is 0 Å². The van der Waals surface area contributed by atoms with Crippen LogP contribution in [0.25, 0.3) is 0 Å². The molecule has 0 N–H and O–H groups in total. The minimum absolute atomic E-state index is 0.265. The van der Waals surface area contributed by atoms with Gasteiger partial charge in [0, 0.05) is 0 Å². The highest BCUT2D eigenvalue weighted by Crippen LogP contribution is 2.20. The first-order valence-corrected chi connectivity index (χ1v) is 8.58. The Morgan fingerprint density at radius 1 is 1.09 bits per heavy atom. The van der Waals surface area contributed by atoms with Crippen molar-refractivity contribution in [2.75, 3.05) is 7.11 Å². The van der Waals surface area contributed by atoms with Crippen LogP contribution in [0.3, 0.4) is 0 Å². The maximum Gasteiger partial charge on any atom is 0.118 e. The smallest absolute Gasteiger partial charge is 0.118 e. The number of benzene rings is 1. The molecule has 1 aromatic rings. The quantitative estimate of drug-likeness (QED) is 0.361. The van der Waals surface area contributed by atoms with E-state index in [-0.39, 0.29) is 6.10 Å². The van der Waals surface area contributed by atoms with Gasteiger partial charge >= 0.3 is 0 Å². The normalized spacial score (nSPS) is 13.6. The SMILES string of the molecule is C=C[C@@H](C)[C@@H](CCCCCCC)OCc1ccc(OC)cc1. The van der Waals surface area contributed by atoms with E-state index >= 15 is 0 Å². The third-order valence-corrected chi connectivity index (χ3v) is 4.17. The van der Waals surface area contributed by atoms with E-state index in [1.165, 1.54) is 37.7 Å². The van der Waals surface area contributed by atoms with E-state index in [0.29, 0.717) is 12.5 Å². The molecule has 0 bridgehead atoms. The van der Waals surface area contributed by atoms with Gasteiger partial charge in [-0.25, -0.2) is 0 Å². The van der Waals surface area contributed by atoms with Crippen LogP contribution in [0.15, 0.2) is 36.9 Å². The number of hydrogen-bond acceptors (Lipinski definition) is 2. The molecule has 1 rings (SSSR count). The zero-order valence-corrected chi connectivity index (χ0v) is 14.5. The fourth-order valence-electron chi connectivity index (χ4n) is 2.52. The van der Waals surface area contributed by atoms with E-state index in [0.717, 1.165) is 12.2 Å². The Morgan fingerprint density at radius 3 is 2.36 bits per heavy atom. The van der Waals surface area contributed by atoms with E-state index in [1.807, 2.05) is 18.2 Å². The van der Waals surface area contributed by atoms with E-state index in [9.17, 15) is 0 Å². The van der Waals surface area contributed by atoms with Crippen molar-refractivity contribution in [1.82, 2.24) is 0 Å². The summed E-state index contributed by atoms with van der Waals surface area (Å²) in [7, 11) is 1.69. The van der Waals surface area contributed by atoms with Crippen molar-refractivity contribution < 1.29 is 9.47 Å². The zero-order valence-electron chi connectivity index (χ0n) is 14.5. The Labute approximate surface area is 136 Å². The van der Waals surface area contributed by atoms with Crippen LogP contribution in [-0.4, -0.2) is 13.2 Å². The molecule has 0 aliphatic heterocycles. The van der Waals surface area contributed by atoms with Crippen molar-refractivity contribution in [3.63, 3.8) is 0 Å². The molecule has 0 fully saturated rings. The number of ether oxygens (including phenoxy) is 2. The molecule has 0 aromatic heterocycles. The molecule has 0 spiro atoms. The zero-order chi connectivity index (χ0) is 16.2. The molecule has 0 amide bonds. The summed E-state index contributed by atoms with van der Waals surface area (Å²) in [5.41, 5.74) is 1.19. The van der Waals surface area contributed by atoms with Crippen LogP contribution < -0.4 is 4.74 Å². The average Bonchev–Trinajstić information content (AvgIpc) is 2.57. The van der Waals surface area contributed by atoms with Crippen molar-refractivity contribution in [3.05, 3.63) is 42.5 Å². The van der Waals surface area contributed by atoms with Gasteiger partial charge in [0.25, 0.3) is 0 Å². The average molecular weight is 304 g/mol. The standard InChI is InChI=1S/C20H32O2/c1-5-7-8-9-10-11-20(17(3)6-2)22-16-18-12-14-19(21-4)15-13-18/h6,12-15,17,20H,2,5,7-11,16H2,1,3-4H3/t17-,20-/m1/s1. The first-order valence-electron chi connectivity index (χ1n) is 8.58. The highest BCUT2D eigenvalue weighted by atomic mass is 16.5. The van der Waals surface area contributed by atoms with Crippen LogP contribution in [0.1, 0.15) is 57.9 Å². The summed E-state index contributed by atoms with van der Waals surface area (Å²) in [5, 5.41) is 0. The number of unbranched alkanes of at least 4 members (excludes halogenated alkanes) is 4. The Morgan fingerprint density at radius 2 is 1.77 bits per heavy atom. The van der Waals surface area contributed by atoms with Crippen molar-refractivity contribution >= 4 is 0 Å². The Kier molecular flexibility index (Phi) is 9.65. The third-order valence-electron chi connectivity index (χ3n) is 4.17. The molecule has 0 aliphatic carbocycles. The number of methoxy groups -OCH3 is 1. The van der Waals surface area contributed by atoms with Gasteiger partial charge in [-0.15, -0.1) is 6.58 Å². The fraction of sp³-hybridized carbons (Fsp3) is 0.600. The molecule has 1 aromatic carbocycles. The molecule has 124 valence electrons. The van der Waals surface area contributed by atoms with Crippen molar-refractivity contribution in [2.45, 2.75) is 65.1 Å². The van der Waals surface area contributed by atoms with Crippen LogP contribution in [0.5, 0.6) is 5.75 Å². The van der Waals surface area contributed by atoms with Crippen molar-refractivity contribution in [2.24, 2.45) is 5.92 Å². The van der Waals surface area contributed by atoms with Crippen molar-refractivity contribution in [1.29, 1.82) is 0 Å². The first kappa shape index (κ1) is 18.8. The van der Waals surface area contributed by atoms with Crippen LogP contribution in [0, 0.1) is 5.92 Å². The number of hydrogen-bond donors (Lipinski definition) is 0. The molecule has 2 heteroatoms. The van der Waals surface area contributed by atoms with E-state index in [4.69, 9.17) is 9.47 Å². The van der Waals surface area contributed by atoms with Crippen molar-refractivity contribution in [3.8, 4) is 5.75 Å². The lowest BCUT2D eigenvalue weighted by Crippen LogP contribution is -2.20. The topological polar surface area (TPSA) is 18.5 Å². The Hall–Kier alpha value is -1.28. The Bertz CT molecular complexity index is 397. The summed E-state index contributed by atoms with van der Waals surface area (Å²) in [5.74, 6) is 1.28. The fourth-order valence-corrected chi connectivity index (χ4v) is 2.52. The molecule has 0 radical (unpaired) electrons. The molecule has 0 heterocycles. The van der Waals surface area contributed by atoms with Gasteiger partial charge in [0.15, 0.2) is 0 Å². The molecule has 22 heavy (non-hydrogen) atoms. The number of rotatable bonds is 12. The van der Waals surface area contributed by atoms with E-state index < -0.39 is 0 Å². The maximum atomic E-state index is 6.15. The minimum Gasteiger partial charge on any atom is -0.497 e. The summed E-state index contributed by atoms with van der Waals surface area (Å²) in [4.78, 5) is 0. The van der Waals surface area contributed by atoms with Gasteiger partial charge < -0.3 is 9.47 Å². The molecular formula is C20H32O2. The van der Waals surface area contributed by atoms with Gasteiger partial charge in [0.1, 0.15) is 5.75 Å². The first-order chi connectivity index (χ1) is 10.7. The lowest BCUT2D eigenvalue weighted by atomic mass is 9.98. The largest absolute Gasteiger partial charge is 0.497 e. The molecule has 0 unspecified atom stereocenters. The summed E-state index contributed by atoms with van der Waals surface area (Å²) in [6.45, 7) is 9.02. The molecule has 0 saturated heterocycles. The van der Waals surface area contributed by atoms with Gasteiger partial charge in [0.05, 0.1) is 19.8 Å². The van der Waals surface area contributed by atoms with Gasteiger partial charge in [-0.1, -0.05) is 64.2 Å². The van der Waals surface area contributed by atoms with Crippen LogP contribution in [0.2, 0.25) is 0 Å². The second-order valence-corrected chi connectivity index (χ2v) is 6.00. The predicted octanol–water partition coefficient (Wildman–Crippen LogP) is 5.76. The van der Waals surface area contributed by atoms with Crippen LogP contribution >= 0.6 is 0 Å². The summed E-state index contributed by atoms with van der Waals surface area (Å²) >= 11 is 0. The molecule has 2 atom stereocenters. The lowest BCUT2D eigenvalue weighted by molar-refractivity contribution is 0.0109. The second kappa shape index (κ2) is 11.3. The molecular weight excluding hydrogens is 272 g/mol. The summed E-state index contributed by atoms with van der Waals surface area (Å²) in [6.07, 6.45) is 9.91. The molecule has 2 nitrogen and oxygen atoms in total. The maximum absolute atomic E-state index is 6.15. The predicted molar refractivity (Wildman–Crippen MR) is 94.3 cm³/mol. The second-order valence-electron chi connectivity index (χ2n) is 6.00. The summed E-state index contributed by atoms with van der Waals surface area (Å²) in [6, 6.07) is 8.09. The highest BCUT2D eigenvalue weighted by Gasteiger charge is 2.15. The monoisotopic (exact) mass is 304 g/mol. The third kappa shape index (κ3) is 7.13. The Balaban J connectivity index is 2.41. The van der Waals surface area contributed by atoms with E-state index in [1.54, 1.807) is 7.11 Å². The van der Waals surface area contributed by atoms with E-state index in [2.05, 4.69) is 32.6 Å². The van der Waals surface area contributed by atoms with Crippen LogP contribution in [0.4, 0.5) is 0 Å². The highest BCUT2D eigenvalue weighted by molar-refractivity contribution is 5.26. The van der Waals surface area contributed by atoms with Gasteiger partial charge in [-0.05, 0) is 30.0 Å². The van der Waals surface area contributed by atoms with Gasteiger partial charge in [-0.2, -0.15) is 0 Å². The molecule has 0 saturated carbocycles. The minimum atomic E-state index is 0.265. The summed E-state index contributed by atoms with van der Waals surface area (Å²) < 4.78 is 11.3.